The number of ether oxygens (including phenoxy) is 1. The van der Waals surface area contributed by atoms with Crippen molar-refractivity contribution in [2.24, 2.45) is 0 Å². The molecule has 17 heavy (non-hydrogen) atoms. The number of nitriles is 1. The monoisotopic (exact) mass is 232 g/mol. The normalized spacial score (nSPS) is 9.18. The lowest BCUT2D eigenvalue weighted by molar-refractivity contribution is -0.141. The lowest BCUT2D eigenvalue weighted by Gasteiger charge is -2.04. The lowest BCUT2D eigenvalue weighted by Crippen LogP contribution is -2.30. The van der Waals surface area contributed by atoms with Gasteiger partial charge in [-0.1, -0.05) is 6.07 Å². The molecule has 0 atom stereocenters. The number of hydrogen-bond acceptors (Lipinski definition) is 4. The first-order valence-electron chi connectivity index (χ1n) is 5.11. The lowest BCUT2D eigenvalue weighted by atomic mass is 10.1. The predicted molar refractivity (Wildman–Crippen MR) is 60.1 cm³/mol. The third-order valence-corrected chi connectivity index (χ3v) is 1.95. The summed E-state index contributed by atoms with van der Waals surface area (Å²) in [5, 5.41) is 11.1. The number of nitrogens with one attached hydrogen (secondary N) is 1. The predicted octanol–water partition coefficient (Wildman–Crippen LogP) is 0.851. The quantitative estimate of drug-likeness (QED) is 0.780. The smallest absolute Gasteiger partial charge is 0.325 e. The third kappa shape index (κ3) is 3.95. The van der Waals surface area contributed by atoms with Crippen LogP contribution < -0.4 is 5.32 Å². The zero-order chi connectivity index (χ0) is 12.7. The Kier molecular flexibility index (Phi) is 4.70. The van der Waals surface area contributed by atoms with E-state index in [1.165, 1.54) is 6.07 Å². The first-order chi connectivity index (χ1) is 8.17. The number of rotatable bonds is 4. The number of amides is 1. The largest absolute Gasteiger partial charge is 0.465 e. The van der Waals surface area contributed by atoms with Crippen LogP contribution in [-0.2, 0) is 9.53 Å². The minimum absolute atomic E-state index is 0.177. The van der Waals surface area contributed by atoms with E-state index in [1.54, 1.807) is 25.1 Å². The fourth-order valence-corrected chi connectivity index (χ4v) is 1.20. The second-order valence-electron chi connectivity index (χ2n) is 3.18. The van der Waals surface area contributed by atoms with Crippen molar-refractivity contribution in [2.75, 3.05) is 13.2 Å². The van der Waals surface area contributed by atoms with Crippen LogP contribution in [0.1, 0.15) is 22.8 Å². The van der Waals surface area contributed by atoms with E-state index in [2.05, 4.69) is 10.1 Å². The van der Waals surface area contributed by atoms with E-state index >= 15 is 0 Å². The molecule has 5 nitrogen and oxygen atoms in total. The SMILES string of the molecule is CCOC(=O)CNC(=O)c1cccc(C#N)c1. The molecule has 88 valence electrons. The van der Waals surface area contributed by atoms with E-state index < -0.39 is 11.9 Å². The van der Waals surface area contributed by atoms with Crippen LogP contribution in [0.15, 0.2) is 24.3 Å². The molecule has 0 aliphatic carbocycles. The number of esters is 1. The van der Waals surface area contributed by atoms with Crippen molar-refractivity contribution in [3.8, 4) is 6.07 Å². The number of benzene rings is 1. The fraction of sp³-hybridized carbons (Fsp3) is 0.250. The van der Waals surface area contributed by atoms with Crippen LogP contribution >= 0.6 is 0 Å². The van der Waals surface area contributed by atoms with Crippen molar-refractivity contribution < 1.29 is 14.3 Å². The van der Waals surface area contributed by atoms with Crippen LogP contribution in [0.3, 0.4) is 0 Å². The summed E-state index contributed by atoms with van der Waals surface area (Å²) in [6.45, 7) is 1.79. The van der Waals surface area contributed by atoms with Gasteiger partial charge in [-0.3, -0.25) is 9.59 Å². The molecule has 1 rings (SSSR count). The Labute approximate surface area is 99.0 Å². The Bertz CT molecular complexity index is 463. The molecular formula is C12H12N2O3. The van der Waals surface area contributed by atoms with Crippen LogP contribution in [-0.4, -0.2) is 25.0 Å². The van der Waals surface area contributed by atoms with Gasteiger partial charge in [0.2, 0.25) is 0 Å². The molecule has 0 aromatic heterocycles. The molecule has 0 spiro atoms. The molecule has 0 unspecified atom stereocenters. The molecule has 1 amide bonds. The molecule has 0 fully saturated rings. The topological polar surface area (TPSA) is 79.2 Å². The molecule has 0 bridgehead atoms. The van der Waals surface area contributed by atoms with Gasteiger partial charge in [-0.15, -0.1) is 0 Å². The second-order valence-corrected chi connectivity index (χ2v) is 3.18. The highest BCUT2D eigenvalue weighted by molar-refractivity contribution is 5.96. The molecule has 1 N–H and O–H groups in total. The maximum absolute atomic E-state index is 11.6. The first kappa shape index (κ1) is 12.7. The van der Waals surface area contributed by atoms with E-state index in [0.717, 1.165) is 0 Å². The van der Waals surface area contributed by atoms with Gasteiger partial charge in [0.15, 0.2) is 0 Å². The summed E-state index contributed by atoms with van der Waals surface area (Å²) >= 11 is 0. The average Bonchev–Trinajstić information content (AvgIpc) is 2.36. The molecule has 5 heteroatoms. The Hall–Kier alpha value is -2.35. The zero-order valence-corrected chi connectivity index (χ0v) is 9.40. The molecular weight excluding hydrogens is 220 g/mol. The van der Waals surface area contributed by atoms with Crippen LogP contribution in [0.4, 0.5) is 0 Å². The highest BCUT2D eigenvalue weighted by Crippen LogP contribution is 2.03. The molecule has 1 aromatic carbocycles. The van der Waals surface area contributed by atoms with E-state index in [-0.39, 0.29) is 13.2 Å². The number of hydrogen-bond donors (Lipinski definition) is 1. The zero-order valence-electron chi connectivity index (χ0n) is 9.40. The third-order valence-electron chi connectivity index (χ3n) is 1.95. The molecule has 0 saturated carbocycles. The van der Waals surface area contributed by atoms with E-state index in [9.17, 15) is 9.59 Å². The highest BCUT2D eigenvalue weighted by Gasteiger charge is 2.08. The van der Waals surface area contributed by atoms with Crippen molar-refractivity contribution in [2.45, 2.75) is 6.92 Å². The van der Waals surface area contributed by atoms with Crippen molar-refractivity contribution in [3.05, 3.63) is 35.4 Å². The summed E-state index contributed by atoms with van der Waals surface area (Å²) in [5.74, 6) is -0.896. The molecule has 0 aliphatic heterocycles. The van der Waals surface area contributed by atoms with Gasteiger partial charge in [-0.2, -0.15) is 5.26 Å². The van der Waals surface area contributed by atoms with Crippen LogP contribution in [0.5, 0.6) is 0 Å². The summed E-state index contributed by atoms with van der Waals surface area (Å²) in [4.78, 5) is 22.6. The summed E-state index contributed by atoms with van der Waals surface area (Å²) in [6.07, 6.45) is 0. The molecule has 0 heterocycles. The maximum Gasteiger partial charge on any atom is 0.325 e. The Balaban J connectivity index is 2.58. The Morgan fingerprint density at radius 1 is 1.47 bits per heavy atom. The summed E-state index contributed by atoms with van der Waals surface area (Å²) in [7, 11) is 0. The van der Waals surface area contributed by atoms with Crippen LogP contribution in [0.2, 0.25) is 0 Å². The van der Waals surface area contributed by atoms with Crippen molar-refractivity contribution in [1.82, 2.24) is 5.32 Å². The summed E-state index contributed by atoms with van der Waals surface area (Å²) in [5.41, 5.74) is 0.738. The van der Waals surface area contributed by atoms with Crippen LogP contribution in [0, 0.1) is 11.3 Å². The Morgan fingerprint density at radius 2 is 2.24 bits per heavy atom. The second kappa shape index (κ2) is 6.28. The number of nitrogens with zero attached hydrogens (tertiary/aromatic N) is 1. The van der Waals surface area contributed by atoms with Gasteiger partial charge in [0.05, 0.1) is 18.2 Å². The van der Waals surface area contributed by atoms with Gasteiger partial charge < -0.3 is 10.1 Å². The van der Waals surface area contributed by atoms with E-state index in [0.29, 0.717) is 11.1 Å². The highest BCUT2D eigenvalue weighted by atomic mass is 16.5. The molecule has 1 aromatic rings. The standard InChI is InChI=1S/C12H12N2O3/c1-2-17-11(15)8-14-12(16)10-5-3-4-9(6-10)7-13/h3-6H,2,8H2,1H3,(H,14,16). The van der Waals surface area contributed by atoms with Crippen molar-refractivity contribution >= 4 is 11.9 Å². The van der Waals surface area contributed by atoms with Crippen molar-refractivity contribution in [1.29, 1.82) is 5.26 Å². The van der Waals surface area contributed by atoms with Gasteiger partial charge in [0, 0.05) is 5.56 Å². The van der Waals surface area contributed by atoms with E-state index in [1.807, 2.05) is 6.07 Å². The van der Waals surface area contributed by atoms with Gasteiger partial charge >= 0.3 is 5.97 Å². The van der Waals surface area contributed by atoms with E-state index in [4.69, 9.17) is 5.26 Å². The fourth-order valence-electron chi connectivity index (χ4n) is 1.20. The molecule has 0 saturated heterocycles. The number of carbonyl (C=O) groups is 2. The van der Waals surface area contributed by atoms with Gasteiger partial charge in [0.1, 0.15) is 6.54 Å². The van der Waals surface area contributed by atoms with Gasteiger partial charge in [-0.05, 0) is 25.1 Å². The summed E-state index contributed by atoms with van der Waals surface area (Å²) < 4.78 is 4.67. The number of carbonyl (C=O) groups excluding carboxylic acids is 2. The Morgan fingerprint density at radius 3 is 2.88 bits per heavy atom. The minimum Gasteiger partial charge on any atom is -0.465 e. The molecule has 0 radical (unpaired) electrons. The summed E-state index contributed by atoms with van der Waals surface area (Å²) in [6, 6.07) is 8.17. The van der Waals surface area contributed by atoms with Gasteiger partial charge in [-0.25, -0.2) is 0 Å². The minimum atomic E-state index is -0.489. The first-order valence-corrected chi connectivity index (χ1v) is 5.11. The molecule has 0 aliphatic rings. The van der Waals surface area contributed by atoms with Crippen molar-refractivity contribution in [3.63, 3.8) is 0 Å². The maximum atomic E-state index is 11.6. The van der Waals surface area contributed by atoms with Crippen LogP contribution in [0.25, 0.3) is 0 Å². The van der Waals surface area contributed by atoms with Gasteiger partial charge in [0.25, 0.3) is 5.91 Å². The average molecular weight is 232 g/mol.